The summed E-state index contributed by atoms with van der Waals surface area (Å²) in [5, 5.41) is 3.30. The molecular formula is C17H32N2O2. The number of amides is 1. The van der Waals surface area contributed by atoms with Gasteiger partial charge in [0, 0.05) is 19.1 Å². The van der Waals surface area contributed by atoms with Crippen LogP contribution < -0.4 is 5.32 Å². The molecule has 21 heavy (non-hydrogen) atoms. The maximum atomic E-state index is 12.7. The fraction of sp³-hybridized carbons (Fsp3) is 0.941. The minimum atomic E-state index is -0.240. The largest absolute Gasteiger partial charge is 0.365 e. The van der Waals surface area contributed by atoms with Crippen molar-refractivity contribution >= 4 is 5.91 Å². The number of nitrogens with zero attached hydrogens (tertiary/aromatic N) is 1. The molecule has 0 aromatic carbocycles. The molecule has 0 aromatic heterocycles. The highest BCUT2D eigenvalue weighted by Crippen LogP contribution is 2.27. The molecular weight excluding hydrogens is 264 g/mol. The number of ether oxygens (including phenoxy) is 1. The van der Waals surface area contributed by atoms with E-state index in [0.29, 0.717) is 6.04 Å². The van der Waals surface area contributed by atoms with Crippen molar-refractivity contribution < 1.29 is 9.53 Å². The average Bonchev–Trinajstić information content (AvgIpc) is 2.52. The summed E-state index contributed by atoms with van der Waals surface area (Å²) < 4.78 is 6.18. The first-order chi connectivity index (χ1) is 10.1. The number of likely N-dealkylation sites (N-methyl/N-ethyl adjacent to an activating group) is 1. The molecule has 1 N–H and O–H groups in total. The van der Waals surface area contributed by atoms with Gasteiger partial charge in [-0.15, -0.1) is 0 Å². The minimum Gasteiger partial charge on any atom is -0.365 e. The molecule has 1 saturated heterocycles. The topological polar surface area (TPSA) is 41.6 Å². The Labute approximate surface area is 129 Å². The maximum Gasteiger partial charge on any atom is 0.251 e. The fourth-order valence-corrected chi connectivity index (χ4v) is 3.68. The van der Waals surface area contributed by atoms with Gasteiger partial charge in [0.1, 0.15) is 6.10 Å². The van der Waals surface area contributed by atoms with E-state index in [1.165, 1.54) is 12.8 Å². The van der Waals surface area contributed by atoms with Crippen molar-refractivity contribution in [2.75, 3.05) is 20.1 Å². The van der Waals surface area contributed by atoms with E-state index in [0.717, 1.165) is 51.1 Å². The molecule has 2 aliphatic rings. The van der Waals surface area contributed by atoms with Crippen molar-refractivity contribution in [2.24, 2.45) is 5.92 Å². The smallest absolute Gasteiger partial charge is 0.251 e. The lowest BCUT2D eigenvalue weighted by atomic mass is 9.88. The molecule has 1 heterocycles. The van der Waals surface area contributed by atoms with Crippen molar-refractivity contribution in [3.05, 3.63) is 0 Å². The Morgan fingerprint density at radius 3 is 2.81 bits per heavy atom. The van der Waals surface area contributed by atoms with E-state index in [9.17, 15) is 4.79 Å². The van der Waals surface area contributed by atoms with Crippen LogP contribution in [0.1, 0.15) is 58.8 Å². The first-order valence-electron chi connectivity index (χ1n) is 8.75. The molecule has 2 fully saturated rings. The monoisotopic (exact) mass is 296 g/mol. The predicted octanol–water partition coefficient (Wildman–Crippen LogP) is 2.57. The number of nitrogens with one attached hydrogen (secondary N) is 1. The third-order valence-corrected chi connectivity index (χ3v) is 5.03. The highest BCUT2D eigenvalue weighted by Gasteiger charge is 2.31. The van der Waals surface area contributed by atoms with Gasteiger partial charge < -0.3 is 15.0 Å². The lowest BCUT2D eigenvalue weighted by molar-refractivity contribution is -0.151. The molecule has 1 aliphatic carbocycles. The van der Waals surface area contributed by atoms with Crippen LogP contribution in [0.15, 0.2) is 0 Å². The Morgan fingerprint density at radius 2 is 2.14 bits per heavy atom. The molecule has 4 atom stereocenters. The van der Waals surface area contributed by atoms with E-state index in [-0.39, 0.29) is 18.1 Å². The molecule has 1 aliphatic heterocycles. The van der Waals surface area contributed by atoms with Gasteiger partial charge in [-0.05, 0) is 45.1 Å². The van der Waals surface area contributed by atoms with E-state index >= 15 is 0 Å². The van der Waals surface area contributed by atoms with E-state index in [4.69, 9.17) is 4.74 Å². The van der Waals surface area contributed by atoms with Crippen LogP contribution in [0, 0.1) is 5.92 Å². The first kappa shape index (κ1) is 16.8. The molecule has 0 radical (unpaired) electrons. The second-order valence-corrected chi connectivity index (χ2v) is 6.84. The molecule has 2 rings (SSSR count). The summed E-state index contributed by atoms with van der Waals surface area (Å²) in [6.45, 7) is 6.07. The first-order valence-corrected chi connectivity index (χ1v) is 8.75. The highest BCUT2D eigenvalue weighted by atomic mass is 16.5. The van der Waals surface area contributed by atoms with Crippen LogP contribution in [0.4, 0.5) is 0 Å². The fourth-order valence-electron chi connectivity index (χ4n) is 3.68. The van der Waals surface area contributed by atoms with Crippen LogP contribution in [-0.2, 0) is 9.53 Å². The third kappa shape index (κ3) is 4.68. The third-order valence-electron chi connectivity index (χ3n) is 5.03. The lowest BCUT2D eigenvalue weighted by Gasteiger charge is -2.36. The van der Waals surface area contributed by atoms with E-state index in [1.54, 1.807) is 0 Å². The Balaban J connectivity index is 1.88. The van der Waals surface area contributed by atoms with Gasteiger partial charge in [-0.2, -0.15) is 0 Å². The van der Waals surface area contributed by atoms with Gasteiger partial charge in [-0.1, -0.05) is 26.7 Å². The summed E-state index contributed by atoms with van der Waals surface area (Å²) in [6.07, 6.45) is 7.86. The van der Waals surface area contributed by atoms with Crippen LogP contribution in [0.25, 0.3) is 0 Å². The summed E-state index contributed by atoms with van der Waals surface area (Å²) in [4.78, 5) is 14.7. The normalized spacial score (nSPS) is 32.0. The van der Waals surface area contributed by atoms with Gasteiger partial charge in [-0.25, -0.2) is 0 Å². The SMILES string of the molecule is CCC(OC1CCCC(C)C1)C(=O)N1CCCC(NC)C1. The average molecular weight is 296 g/mol. The molecule has 0 bridgehead atoms. The second-order valence-electron chi connectivity index (χ2n) is 6.84. The number of likely N-dealkylation sites (tertiary alicyclic amines) is 1. The molecule has 4 unspecified atom stereocenters. The van der Waals surface area contributed by atoms with Crippen molar-refractivity contribution in [3.63, 3.8) is 0 Å². The Morgan fingerprint density at radius 1 is 1.33 bits per heavy atom. The zero-order valence-corrected chi connectivity index (χ0v) is 13.9. The number of carbonyl (C=O) groups is 1. The molecule has 4 nitrogen and oxygen atoms in total. The zero-order chi connectivity index (χ0) is 15.2. The second kappa shape index (κ2) is 8.14. The van der Waals surface area contributed by atoms with E-state index in [2.05, 4.69) is 19.2 Å². The molecule has 1 saturated carbocycles. The maximum absolute atomic E-state index is 12.7. The molecule has 122 valence electrons. The number of hydrogen-bond acceptors (Lipinski definition) is 3. The van der Waals surface area contributed by atoms with Gasteiger partial charge in [0.15, 0.2) is 0 Å². The van der Waals surface area contributed by atoms with Crippen molar-refractivity contribution in [1.29, 1.82) is 0 Å². The van der Waals surface area contributed by atoms with Crippen molar-refractivity contribution in [2.45, 2.75) is 77.0 Å². The van der Waals surface area contributed by atoms with Gasteiger partial charge in [0.25, 0.3) is 5.91 Å². The van der Waals surface area contributed by atoms with Gasteiger partial charge in [-0.3, -0.25) is 4.79 Å². The number of piperidine rings is 1. The minimum absolute atomic E-state index is 0.204. The number of hydrogen-bond donors (Lipinski definition) is 1. The van der Waals surface area contributed by atoms with Gasteiger partial charge >= 0.3 is 0 Å². The van der Waals surface area contributed by atoms with E-state index in [1.807, 2.05) is 11.9 Å². The van der Waals surface area contributed by atoms with Crippen LogP contribution in [0.3, 0.4) is 0 Å². The summed E-state index contributed by atoms with van der Waals surface area (Å²) in [6, 6.07) is 0.440. The standard InChI is InChI=1S/C17H32N2O2/c1-4-16(21-15-9-5-7-13(2)11-15)17(20)19-10-6-8-14(12-19)18-3/h13-16,18H,4-12H2,1-3H3. The summed E-state index contributed by atoms with van der Waals surface area (Å²) in [5.41, 5.74) is 0. The number of carbonyl (C=O) groups excluding carboxylic acids is 1. The Kier molecular flexibility index (Phi) is 6.49. The Hall–Kier alpha value is -0.610. The zero-order valence-electron chi connectivity index (χ0n) is 13.9. The molecule has 0 spiro atoms. The summed E-state index contributed by atoms with van der Waals surface area (Å²) >= 11 is 0. The van der Waals surface area contributed by atoms with Crippen molar-refractivity contribution in [3.8, 4) is 0 Å². The van der Waals surface area contributed by atoms with Crippen LogP contribution in [-0.4, -0.2) is 49.2 Å². The lowest BCUT2D eigenvalue weighted by Crippen LogP contribution is -2.51. The predicted molar refractivity (Wildman–Crippen MR) is 85.2 cm³/mol. The van der Waals surface area contributed by atoms with Crippen LogP contribution >= 0.6 is 0 Å². The van der Waals surface area contributed by atoms with Crippen molar-refractivity contribution in [1.82, 2.24) is 10.2 Å². The highest BCUT2D eigenvalue weighted by molar-refractivity contribution is 5.81. The van der Waals surface area contributed by atoms with Crippen LogP contribution in [0.5, 0.6) is 0 Å². The quantitative estimate of drug-likeness (QED) is 0.848. The Bertz CT molecular complexity index is 335. The summed E-state index contributed by atoms with van der Waals surface area (Å²) in [5.74, 6) is 0.940. The van der Waals surface area contributed by atoms with Crippen LogP contribution in [0.2, 0.25) is 0 Å². The summed E-state index contributed by atoms with van der Waals surface area (Å²) in [7, 11) is 1.98. The number of rotatable bonds is 5. The van der Waals surface area contributed by atoms with E-state index < -0.39 is 0 Å². The molecule has 1 amide bonds. The van der Waals surface area contributed by atoms with Gasteiger partial charge in [0.05, 0.1) is 6.10 Å². The van der Waals surface area contributed by atoms with Gasteiger partial charge in [0.2, 0.25) is 0 Å². The molecule has 4 heteroatoms. The molecule has 0 aromatic rings.